The fourth-order valence-corrected chi connectivity index (χ4v) is 3.68. The minimum absolute atomic E-state index is 0.00305. The van der Waals surface area contributed by atoms with Crippen molar-refractivity contribution >= 4 is 10.9 Å². The Kier molecular flexibility index (Phi) is 5.97. The molecular weight excluding hydrogens is 394 g/mol. The van der Waals surface area contributed by atoms with Gasteiger partial charge in [-0.15, -0.1) is 0 Å². The van der Waals surface area contributed by atoms with Crippen LogP contribution in [-0.4, -0.2) is 32.8 Å². The molecule has 0 fully saturated rings. The Morgan fingerprint density at radius 2 is 1.71 bits per heavy atom. The van der Waals surface area contributed by atoms with E-state index in [1.807, 2.05) is 61.5 Å². The fourth-order valence-electron chi connectivity index (χ4n) is 3.68. The van der Waals surface area contributed by atoms with Crippen LogP contribution >= 0.6 is 0 Å². The van der Waals surface area contributed by atoms with Crippen LogP contribution in [0.2, 0.25) is 0 Å². The van der Waals surface area contributed by atoms with Gasteiger partial charge >= 0.3 is 0 Å². The van der Waals surface area contributed by atoms with E-state index in [4.69, 9.17) is 9.26 Å². The van der Waals surface area contributed by atoms with Gasteiger partial charge < -0.3 is 14.4 Å². The van der Waals surface area contributed by atoms with Crippen LogP contribution in [0.25, 0.3) is 10.9 Å². The maximum Gasteiger partial charge on any atom is 0.296 e. The van der Waals surface area contributed by atoms with Gasteiger partial charge in [0, 0.05) is 0 Å². The summed E-state index contributed by atoms with van der Waals surface area (Å²) in [6, 6.07) is 18.0. The second-order valence-corrected chi connectivity index (χ2v) is 7.72. The molecule has 0 radical (unpaired) electrons. The van der Waals surface area contributed by atoms with Crippen molar-refractivity contribution in [1.82, 2.24) is 14.9 Å². The lowest BCUT2D eigenvalue weighted by atomic mass is 10.0. The molecule has 0 unspecified atom stereocenters. The molecule has 31 heavy (non-hydrogen) atoms. The Hall–Kier alpha value is -3.29. The average Bonchev–Trinajstić information content (AvgIpc) is 3.16. The molecule has 4 rings (SSSR count). The van der Waals surface area contributed by atoms with Gasteiger partial charge in [0.1, 0.15) is 11.9 Å². The van der Waals surface area contributed by atoms with E-state index >= 15 is 0 Å². The molecule has 2 aromatic carbocycles. The van der Waals surface area contributed by atoms with Gasteiger partial charge in [-0.05, 0) is 31.9 Å². The molecule has 2 heterocycles. The Morgan fingerprint density at radius 3 is 2.42 bits per heavy atom. The quantitative estimate of drug-likeness (QED) is 0.493. The largest absolute Gasteiger partial charge is 0.389 e. The number of aromatic nitrogens is 3. The summed E-state index contributed by atoms with van der Waals surface area (Å²) < 4.78 is 12.5. The summed E-state index contributed by atoms with van der Waals surface area (Å²) in [6.07, 6.45) is -1.25. The van der Waals surface area contributed by atoms with E-state index in [-0.39, 0.29) is 24.8 Å². The highest BCUT2D eigenvalue weighted by atomic mass is 16.5. The lowest BCUT2D eigenvalue weighted by molar-refractivity contribution is -0.00243. The minimum Gasteiger partial charge on any atom is -0.389 e. The first kappa shape index (κ1) is 21.0. The smallest absolute Gasteiger partial charge is 0.296 e. The van der Waals surface area contributed by atoms with Gasteiger partial charge in [-0.25, -0.2) is 4.68 Å². The second kappa shape index (κ2) is 8.83. The van der Waals surface area contributed by atoms with Crippen LogP contribution in [0, 0.1) is 20.8 Å². The van der Waals surface area contributed by atoms with Gasteiger partial charge in [-0.3, -0.25) is 4.79 Å². The van der Waals surface area contributed by atoms with Gasteiger partial charge in [0.15, 0.2) is 5.52 Å². The first-order valence-electron chi connectivity index (χ1n) is 10.2. The third kappa shape index (κ3) is 4.42. The number of aryl methyl sites for hydroxylation is 3. The third-order valence-corrected chi connectivity index (χ3v) is 5.25. The molecule has 0 saturated carbocycles. The van der Waals surface area contributed by atoms with Crippen LogP contribution in [0.3, 0.4) is 0 Å². The number of benzene rings is 2. The van der Waals surface area contributed by atoms with Gasteiger partial charge in [0.05, 0.1) is 30.3 Å². The van der Waals surface area contributed by atoms with E-state index < -0.39 is 11.7 Å². The van der Waals surface area contributed by atoms with Crippen molar-refractivity contribution in [3.8, 4) is 0 Å². The molecule has 0 amide bonds. The molecule has 7 heteroatoms. The van der Waals surface area contributed by atoms with E-state index in [1.165, 1.54) is 4.68 Å². The molecule has 2 atom stereocenters. The van der Waals surface area contributed by atoms with Crippen molar-refractivity contribution in [3.63, 3.8) is 0 Å². The Labute approximate surface area is 179 Å². The van der Waals surface area contributed by atoms with Crippen LogP contribution in [0.5, 0.6) is 0 Å². The van der Waals surface area contributed by atoms with E-state index in [1.54, 1.807) is 13.8 Å². The molecule has 7 nitrogen and oxygen atoms in total. The number of hydrogen-bond acceptors (Lipinski definition) is 6. The molecular formula is C24H25N3O4. The summed E-state index contributed by atoms with van der Waals surface area (Å²) in [5.74, 6) is 0.553. The second-order valence-electron chi connectivity index (χ2n) is 7.72. The summed E-state index contributed by atoms with van der Waals surface area (Å²) in [5.41, 5.74) is 3.60. The molecule has 0 spiro atoms. The predicted molar refractivity (Wildman–Crippen MR) is 117 cm³/mol. The van der Waals surface area contributed by atoms with Gasteiger partial charge in [0.25, 0.3) is 5.56 Å². The maximum atomic E-state index is 12.7. The van der Waals surface area contributed by atoms with Crippen LogP contribution in [0.1, 0.15) is 34.2 Å². The predicted octanol–water partition coefficient (Wildman–Crippen LogP) is 3.48. The van der Waals surface area contributed by atoms with Crippen molar-refractivity contribution in [3.05, 3.63) is 93.1 Å². The van der Waals surface area contributed by atoms with Gasteiger partial charge in [0.2, 0.25) is 0 Å². The molecule has 0 bridgehead atoms. The standard InChI is InChI=1S/C24H25N3O4/c1-15-9-11-19(12-10-15)23(18-7-5-4-6-8-18)30-14-20(28)13-27-24(29)22-21(16(2)25-27)17(3)31-26-22/h4-12,20,23,28H,13-14H2,1-3H3/t20-,23+/m0/s1. The molecule has 160 valence electrons. The summed E-state index contributed by atoms with van der Waals surface area (Å²) in [7, 11) is 0. The zero-order valence-corrected chi connectivity index (χ0v) is 17.8. The van der Waals surface area contributed by atoms with Crippen LogP contribution in [-0.2, 0) is 11.3 Å². The number of ether oxygens (including phenoxy) is 1. The topological polar surface area (TPSA) is 90.4 Å². The summed E-state index contributed by atoms with van der Waals surface area (Å²) in [4.78, 5) is 12.7. The van der Waals surface area contributed by atoms with E-state index in [0.29, 0.717) is 16.8 Å². The summed E-state index contributed by atoms with van der Waals surface area (Å²) in [5, 5.41) is 19.4. The van der Waals surface area contributed by atoms with E-state index in [9.17, 15) is 9.90 Å². The first-order valence-corrected chi connectivity index (χ1v) is 10.2. The maximum absolute atomic E-state index is 12.7. The molecule has 1 N–H and O–H groups in total. The number of rotatable bonds is 7. The Bertz CT molecular complexity index is 1230. The number of nitrogens with zero attached hydrogens (tertiary/aromatic N) is 3. The SMILES string of the molecule is Cc1ccc([C@H](OC[C@@H](O)Cn2nc(C)c3c(C)onc3c2=O)c2ccccc2)cc1. The Balaban J connectivity index is 1.53. The highest BCUT2D eigenvalue weighted by molar-refractivity contribution is 5.81. The molecule has 2 aromatic heterocycles. The third-order valence-electron chi connectivity index (χ3n) is 5.25. The highest BCUT2D eigenvalue weighted by Gasteiger charge is 2.20. The lowest BCUT2D eigenvalue weighted by Gasteiger charge is -2.21. The van der Waals surface area contributed by atoms with Crippen molar-refractivity contribution < 1.29 is 14.4 Å². The number of hydrogen-bond donors (Lipinski definition) is 1. The average molecular weight is 419 g/mol. The van der Waals surface area contributed by atoms with Gasteiger partial charge in [-0.2, -0.15) is 5.10 Å². The van der Waals surface area contributed by atoms with Crippen molar-refractivity contribution in [2.45, 2.75) is 39.5 Å². The summed E-state index contributed by atoms with van der Waals surface area (Å²) >= 11 is 0. The molecule has 0 aliphatic rings. The zero-order chi connectivity index (χ0) is 22.0. The first-order chi connectivity index (χ1) is 14.9. The van der Waals surface area contributed by atoms with E-state index in [2.05, 4.69) is 10.3 Å². The number of aliphatic hydroxyl groups is 1. The van der Waals surface area contributed by atoms with Crippen molar-refractivity contribution in [1.29, 1.82) is 0 Å². The molecule has 0 aliphatic heterocycles. The van der Waals surface area contributed by atoms with Gasteiger partial charge in [-0.1, -0.05) is 65.3 Å². The van der Waals surface area contributed by atoms with Crippen LogP contribution < -0.4 is 5.56 Å². The van der Waals surface area contributed by atoms with Crippen LogP contribution in [0.4, 0.5) is 0 Å². The Morgan fingerprint density at radius 1 is 1.03 bits per heavy atom. The molecule has 4 aromatic rings. The number of aliphatic hydroxyl groups excluding tert-OH is 1. The molecule has 0 saturated heterocycles. The van der Waals surface area contributed by atoms with Crippen molar-refractivity contribution in [2.75, 3.05) is 6.61 Å². The van der Waals surface area contributed by atoms with Crippen molar-refractivity contribution in [2.24, 2.45) is 0 Å². The minimum atomic E-state index is -0.924. The van der Waals surface area contributed by atoms with Crippen LogP contribution in [0.15, 0.2) is 63.9 Å². The molecule has 0 aliphatic carbocycles. The highest BCUT2D eigenvalue weighted by Crippen LogP contribution is 2.26. The normalized spacial score (nSPS) is 13.4. The monoisotopic (exact) mass is 419 g/mol. The zero-order valence-electron chi connectivity index (χ0n) is 17.8. The summed E-state index contributed by atoms with van der Waals surface area (Å²) in [6.45, 7) is 5.60. The fraction of sp³-hybridized carbons (Fsp3) is 0.292. The number of fused-ring (bicyclic) bond motifs is 1. The van der Waals surface area contributed by atoms with E-state index in [0.717, 1.165) is 16.7 Å². The lowest BCUT2D eigenvalue weighted by Crippen LogP contribution is -2.32.